The number of hydrogen-bond acceptors (Lipinski definition) is 4. The summed E-state index contributed by atoms with van der Waals surface area (Å²) in [5, 5.41) is 3.95. The molecule has 23 heavy (non-hydrogen) atoms. The van der Waals surface area contributed by atoms with Crippen LogP contribution in [-0.2, 0) is 17.6 Å². The van der Waals surface area contributed by atoms with Gasteiger partial charge in [-0.1, -0.05) is 17.3 Å². The average molecular weight is 312 g/mol. The van der Waals surface area contributed by atoms with E-state index in [0.29, 0.717) is 6.42 Å². The van der Waals surface area contributed by atoms with E-state index in [9.17, 15) is 4.79 Å². The number of aryl methyl sites for hydroxylation is 1. The number of carbonyl (C=O) groups is 1. The number of hydrogen-bond donors (Lipinski definition) is 0. The highest BCUT2D eigenvalue weighted by molar-refractivity contribution is 5.79. The summed E-state index contributed by atoms with van der Waals surface area (Å²) in [6, 6.07) is 8.03. The first-order valence-electron chi connectivity index (χ1n) is 8.18. The maximum Gasteiger partial charge on any atom is 0.227 e. The van der Waals surface area contributed by atoms with Gasteiger partial charge in [0.2, 0.25) is 5.91 Å². The number of aromatic nitrogens is 1. The number of amides is 1. The van der Waals surface area contributed by atoms with E-state index in [1.165, 1.54) is 5.56 Å². The molecular weight excluding hydrogens is 292 g/mol. The zero-order valence-electron chi connectivity index (χ0n) is 13.2. The minimum atomic E-state index is 0.0291. The van der Waals surface area contributed by atoms with Crippen LogP contribution in [0.25, 0.3) is 0 Å². The van der Waals surface area contributed by atoms with E-state index < -0.39 is 0 Å². The van der Waals surface area contributed by atoms with Gasteiger partial charge in [-0.25, -0.2) is 0 Å². The summed E-state index contributed by atoms with van der Waals surface area (Å²) in [6.45, 7) is 3.43. The van der Waals surface area contributed by atoms with Crippen molar-refractivity contribution < 1.29 is 14.1 Å². The molecule has 5 nitrogen and oxygen atoms in total. The van der Waals surface area contributed by atoms with Gasteiger partial charge in [-0.15, -0.1) is 0 Å². The molecule has 0 unspecified atom stereocenters. The second kappa shape index (κ2) is 5.72. The number of fused-ring (bicyclic) bond motifs is 1. The first-order valence-corrected chi connectivity index (χ1v) is 8.18. The lowest BCUT2D eigenvalue weighted by atomic mass is 10.1. The van der Waals surface area contributed by atoms with Crippen LogP contribution in [0.15, 0.2) is 28.8 Å². The second-order valence-electron chi connectivity index (χ2n) is 6.33. The minimum Gasteiger partial charge on any atom is -0.493 e. The summed E-state index contributed by atoms with van der Waals surface area (Å²) >= 11 is 0. The Hall–Kier alpha value is -2.30. The topological polar surface area (TPSA) is 55.6 Å². The molecule has 0 N–H and O–H groups in total. The Morgan fingerprint density at radius 2 is 2.30 bits per heavy atom. The summed E-state index contributed by atoms with van der Waals surface area (Å²) in [6.07, 6.45) is 3.31. The molecule has 0 bridgehead atoms. The number of nitrogens with zero attached hydrogens (tertiary/aromatic N) is 2. The smallest absolute Gasteiger partial charge is 0.227 e. The van der Waals surface area contributed by atoms with Gasteiger partial charge in [-0.2, -0.15) is 0 Å². The Labute approximate surface area is 135 Å². The van der Waals surface area contributed by atoms with Crippen LogP contribution in [0.2, 0.25) is 0 Å². The number of ether oxygens (including phenoxy) is 1. The second-order valence-corrected chi connectivity index (χ2v) is 6.33. The summed E-state index contributed by atoms with van der Waals surface area (Å²) in [4.78, 5) is 14.7. The molecule has 0 saturated carbocycles. The molecule has 0 aliphatic carbocycles. The molecule has 1 amide bonds. The highest BCUT2D eigenvalue weighted by atomic mass is 16.5. The van der Waals surface area contributed by atoms with Gasteiger partial charge in [0, 0.05) is 19.0 Å². The van der Waals surface area contributed by atoms with Gasteiger partial charge in [-0.3, -0.25) is 4.79 Å². The van der Waals surface area contributed by atoms with Crippen molar-refractivity contribution in [2.75, 3.05) is 13.2 Å². The van der Waals surface area contributed by atoms with Gasteiger partial charge in [-0.05, 0) is 37.0 Å². The van der Waals surface area contributed by atoms with Gasteiger partial charge in [0.15, 0.2) is 5.76 Å². The molecule has 120 valence electrons. The van der Waals surface area contributed by atoms with E-state index in [0.717, 1.165) is 55.2 Å². The zero-order chi connectivity index (χ0) is 15.8. The maximum atomic E-state index is 12.7. The normalized spacial score (nSPS) is 19.7. The summed E-state index contributed by atoms with van der Waals surface area (Å²) in [5.74, 6) is 1.91. The van der Waals surface area contributed by atoms with Gasteiger partial charge in [0.1, 0.15) is 5.75 Å². The van der Waals surface area contributed by atoms with Crippen LogP contribution in [0.4, 0.5) is 0 Å². The third-order valence-corrected chi connectivity index (χ3v) is 4.66. The van der Waals surface area contributed by atoms with Crippen LogP contribution in [0.3, 0.4) is 0 Å². The van der Waals surface area contributed by atoms with E-state index in [-0.39, 0.29) is 11.9 Å². The standard InChI is InChI=1S/C18H20N2O3/c1-12-9-17(23-19-12)15-3-2-7-20(15)18(21)11-13-4-5-16-14(10-13)6-8-22-16/h4-5,9-10,15H,2-3,6-8,11H2,1H3/t15-/m0/s1. The largest absolute Gasteiger partial charge is 0.493 e. The van der Waals surface area contributed by atoms with E-state index in [2.05, 4.69) is 11.2 Å². The number of benzene rings is 1. The van der Waals surface area contributed by atoms with Crippen LogP contribution in [0.5, 0.6) is 5.75 Å². The van der Waals surface area contributed by atoms with Crippen molar-refractivity contribution in [2.45, 2.75) is 38.6 Å². The molecule has 1 fully saturated rings. The molecular formula is C18H20N2O3. The van der Waals surface area contributed by atoms with Crippen molar-refractivity contribution in [1.29, 1.82) is 0 Å². The fourth-order valence-corrected chi connectivity index (χ4v) is 3.53. The number of carbonyl (C=O) groups excluding carboxylic acids is 1. The van der Waals surface area contributed by atoms with Crippen molar-refractivity contribution in [2.24, 2.45) is 0 Å². The van der Waals surface area contributed by atoms with Crippen molar-refractivity contribution in [3.05, 3.63) is 46.8 Å². The van der Waals surface area contributed by atoms with Crippen LogP contribution in [0, 0.1) is 6.92 Å². The number of likely N-dealkylation sites (tertiary alicyclic amines) is 1. The monoisotopic (exact) mass is 312 g/mol. The predicted octanol–water partition coefficient (Wildman–Crippen LogP) is 2.82. The Balaban J connectivity index is 1.50. The first-order chi connectivity index (χ1) is 11.2. The van der Waals surface area contributed by atoms with Crippen molar-refractivity contribution in [1.82, 2.24) is 10.1 Å². The molecule has 2 aromatic rings. The third kappa shape index (κ3) is 2.71. The van der Waals surface area contributed by atoms with Crippen molar-refractivity contribution in [3.8, 4) is 5.75 Å². The summed E-state index contributed by atoms with van der Waals surface area (Å²) < 4.78 is 10.9. The third-order valence-electron chi connectivity index (χ3n) is 4.66. The lowest BCUT2D eigenvalue weighted by molar-refractivity contribution is -0.131. The Morgan fingerprint density at radius 3 is 3.13 bits per heavy atom. The van der Waals surface area contributed by atoms with Crippen LogP contribution in [0.1, 0.15) is 41.5 Å². The van der Waals surface area contributed by atoms with E-state index in [1.807, 2.05) is 30.0 Å². The average Bonchev–Trinajstić information content (AvgIpc) is 3.26. The highest BCUT2D eigenvalue weighted by Crippen LogP contribution is 2.33. The molecule has 5 heteroatoms. The SMILES string of the molecule is Cc1cc([C@@H]2CCCN2C(=O)Cc2ccc3c(c2)CCO3)on1. The summed E-state index contributed by atoms with van der Waals surface area (Å²) in [5.41, 5.74) is 3.12. The first kappa shape index (κ1) is 14.3. The van der Waals surface area contributed by atoms with Crippen LogP contribution < -0.4 is 4.74 Å². The number of rotatable bonds is 3. The van der Waals surface area contributed by atoms with Gasteiger partial charge in [0.25, 0.3) is 0 Å². The molecule has 2 aliphatic heterocycles. The van der Waals surface area contributed by atoms with E-state index >= 15 is 0 Å². The molecule has 0 spiro atoms. The Bertz CT molecular complexity index is 738. The lowest BCUT2D eigenvalue weighted by Crippen LogP contribution is -2.31. The van der Waals surface area contributed by atoms with E-state index in [4.69, 9.17) is 9.26 Å². The van der Waals surface area contributed by atoms with Crippen molar-refractivity contribution >= 4 is 5.91 Å². The molecule has 0 radical (unpaired) electrons. The Kier molecular flexibility index (Phi) is 3.56. The molecule has 3 heterocycles. The predicted molar refractivity (Wildman–Crippen MR) is 84.3 cm³/mol. The van der Waals surface area contributed by atoms with Crippen LogP contribution in [-0.4, -0.2) is 29.1 Å². The fourth-order valence-electron chi connectivity index (χ4n) is 3.53. The van der Waals surface area contributed by atoms with Gasteiger partial charge < -0.3 is 14.2 Å². The molecule has 4 rings (SSSR count). The molecule has 1 aromatic carbocycles. The maximum absolute atomic E-state index is 12.7. The highest BCUT2D eigenvalue weighted by Gasteiger charge is 2.32. The quantitative estimate of drug-likeness (QED) is 0.874. The molecule has 1 saturated heterocycles. The van der Waals surface area contributed by atoms with Gasteiger partial charge in [0.05, 0.1) is 24.8 Å². The fraction of sp³-hybridized carbons (Fsp3) is 0.444. The van der Waals surface area contributed by atoms with Crippen molar-refractivity contribution in [3.63, 3.8) is 0 Å². The Morgan fingerprint density at radius 1 is 1.39 bits per heavy atom. The molecule has 2 aliphatic rings. The molecule has 1 aromatic heterocycles. The summed E-state index contributed by atoms with van der Waals surface area (Å²) in [7, 11) is 0. The lowest BCUT2D eigenvalue weighted by Gasteiger charge is -2.22. The molecule has 1 atom stereocenters. The van der Waals surface area contributed by atoms with Crippen LogP contribution >= 0.6 is 0 Å². The minimum absolute atomic E-state index is 0.0291. The zero-order valence-corrected chi connectivity index (χ0v) is 13.2. The van der Waals surface area contributed by atoms with E-state index in [1.54, 1.807) is 0 Å². The van der Waals surface area contributed by atoms with Gasteiger partial charge >= 0.3 is 0 Å².